The first kappa shape index (κ1) is 12.2. The number of pyridine rings is 1. The zero-order chi connectivity index (χ0) is 13.1. The maximum Gasteiger partial charge on any atom is 0.237 e. The van der Waals surface area contributed by atoms with Crippen LogP contribution in [0.25, 0.3) is 0 Å². The predicted molar refractivity (Wildman–Crippen MR) is 69.6 cm³/mol. The van der Waals surface area contributed by atoms with Crippen molar-refractivity contribution < 1.29 is 4.74 Å². The van der Waals surface area contributed by atoms with Crippen LogP contribution in [0.3, 0.4) is 0 Å². The first-order chi connectivity index (χ1) is 8.60. The Labute approximate surface area is 110 Å². The lowest BCUT2D eigenvalue weighted by Crippen LogP contribution is -1.95. The second kappa shape index (κ2) is 4.94. The van der Waals surface area contributed by atoms with Gasteiger partial charge < -0.3 is 10.5 Å². The van der Waals surface area contributed by atoms with Gasteiger partial charge in [-0.15, -0.1) is 0 Å². The fraction of sp³-hybridized carbons (Fsp3) is 0.0769. The highest BCUT2D eigenvalue weighted by Gasteiger charge is 2.07. The van der Waals surface area contributed by atoms with Crippen molar-refractivity contribution in [3.05, 3.63) is 46.6 Å². The molecule has 5 heteroatoms. The van der Waals surface area contributed by atoms with Crippen LogP contribution in [-0.4, -0.2) is 4.98 Å². The van der Waals surface area contributed by atoms with Gasteiger partial charge in [0.25, 0.3) is 0 Å². The minimum atomic E-state index is 0.230. The number of aromatic nitrogens is 1. The molecule has 0 amide bonds. The lowest BCUT2D eigenvalue weighted by Gasteiger charge is -2.07. The van der Waals surface area contributed by atoms with E-state index in [1.807, 2.05) is 13.0 Å². The molecule has 0 unspecified atom stereocenters. The number of nitrogens with two attached hydrogens (primary N) is 1. The standard InChI is InChI=1S/C13H10ClN3O/c1-8-4-11(2-3-12(8)14)18-13-9(6-15)5-10(16)7-17-13/h2-5,7H,16H2,1H3. The Morgan fingerprint density at radius 2 is 2.17 bits per heavy atom. The molecule has 1 aromatic carbocycles. The van der Waals surface area contributed by atoms with Crippen LogP contribution in [0.15, 0.2) is 30.5 Å². The van der Waals surface area contributed by atoms with Crippen molar-refractivity contribution in [2.45, 2.75) is 6.92 Å². The third kappa shape index (κ3) is 2.53. The molecular weight excluding hydrogens is 250 g/mol. The Hall–Kier alpha value is -2.25. The summed E-state index contributed by atoms with van der Waals surface area (Å²) in [6.45, 7) is 1.87. The number of benzene rings is 1. The molecule has 2 aromatic rings. The molecule has 0 bridgehead atoms. The molecule has 18 heavy (non-hydrogen) atoms. The summed E-state index contributed by atoms with van der Waals surface area (Å²) in [5, 5.41) is 9.63. The van der Waals surface area contributed by atoms with Crippen molar-refractivity contribution in [3.8, 4) is 17.7 Å². The number of hydrogen-bond acceptors (Lipinski definition) is 4. The van der Waals surface area contributed by atoms with Gasteiger partial charge in [-0.1, -0.05) is 11.6 Å². The van der Waals surface area contributed by atoms with Crippen LogP contribution in [0.4, 0.5) is 5.69 Å². The Kier molecular flexibility index (Phi) is 3.35. The van der Waals surface area contributed by atoms with Crippen LogP contribution in [0, 0.1) is 18.3 Å². The molecule has 0 radical (unpaired) electrons. The van der Waals surface area contributed by atoms with E-state index < -0.39 is 0 Å². The van der Waals surface area contributed by atoms with Crippen LogP contribution in [0.1, 0.15) is 11.1 Å². The SMILES string of the molecule is Cc1cc(Oc2ncc(N)cc2C#N)ccc1Cl. The fourth-order valence-electron chi connectivity index (χ4n) is 1.42. The average Bonchev–Trinajstić information content (AvgIpc) is 2.36. The van der Waals surface area contributed by atoms with Gasteiger partial charge in [-0.05, 0) is 36.8 Å². The molecule has 1 aromatic heterocycles. The summed E-state index contributed by atoms with van der Waals surface area (Å²) in [5.41, 5.74) is 7.16. The van der Waals surface area contributed by atoms with Crippen LogP contribution >= 0.6 is 11.6 Å². The van der Waals surface area contributed by atoms with Gasteiger partial charge in [0.1, 0.15) is 17.4 Å². The van der Waals surface area contributed by atoms with E-state index in [1.165, 1.54) is 12.3 Å². The maximum absolute atomic E-state index is 8.97. The lowest BCUT2D eigenvalue weighted by molar-refractivity contribution is 0.461. The normalized spacial score (nSPS) is 9.83. The Bertz CT molecular complexity index is 635. The van der Waals surface area contributed by atoms with Gasteiger partial charge in [-0.2, -0.15) is 5.26 Å². The van der Waals surface area contributed by atoms with Gasteiger partial charge in [0.15, 0.2) is 0 Å². The number of nitrogens with zero attached hydrogens (tertiary/aromatic N) is 2. The molecule has 0 aliphatic rings. The molecular formula is C13H10ClN3O. The quantitative estimate of drug-likeness (QED) is 0.898. The number of hydrogen-bond donors (Lipinski definition) is 1. The van der Waals surface area contributed by atoms with Crippen molar-refractivity contribution in [2.75, 3.05) is 5.73 Å². The monoisotopic (exact) mass is 259 g/mol. The van der Waals surface area contributed by atoms with Crippen molar-refractivity contribution in [1.29, 1.82) is 5.26 Å². The Morgan fingerprint density at radius 1 is 1.39 bits per heavy atom. The van der Waals surface area contributed by atoms with E-state index in [0.29, 0.717) is 22.0 Å². The molecule has 0 aliphatic carbocycles. The summed E-state index contributed by atoms with van der Waals surface area (Å²) in [6, 6.07) is 8.74. The first-order valence-electron chi connectivity index (χ1n) is 5.20. The van der Waals surface area contributed by atoms with E-state index in [0.717, 1.165) is 5.56 Å². The maximum atomic E-state index is 8.97. The number of aryl methyl sites for hydroxylation is 1. The molecule has 0 saturated carbocycles. The predicted octanol–water partition coefficient (Wildman–Crippen LogP) is 3.29. The van der Waals surface area contributed by atoms with Crippen molar-refractivity contribution >= 4 is 17.3 Å². The molecule has 0 spiro atoms. The van der Waals surface area contributed by atoms with Crippen LogP contribution in [0.2, 0.25) is 5.02 Å². The summed E-state index contributed by atoms with van der Waals surface area (Å²) in [4.78, 5) is 3.99. The summed E-state index contributed by atoms with van der Waals surface area (Å²) in [7, 11) is 0. The Balaban J connectivity index is 2.34. The van der Waals surface area contributed by atoms with E-state index in [-0.39, 0.29) is 5.88 Å². The minimum absolute atomic E-state index is 0.230. The fourth-order valence-corrected chi connectivity index (χ4v) is 1.54. The van der Waals surface area contributed by atoms with Gasteiger partial charge >= 0.3 is 0 Å². The van der Waals surface area contributed by atoms with E-state index in [1.54, 1.807) is 18.2 Å². The second-order valence-corrected chi connectivity index (χ2v) is 4.15. The molecule has 0 saturated heterocycles. The number of anilines is 1. The van der Waals surface area contributed by atoms with E-state index in [2.05, 4.69) is 4.98 Å². The van der Waals surface area contributed by atoms with Crippen molar-refractivity contribution in [3.63, 3.8) is 0 Å². The highest BCUT2D eigenvalue weighted by molar-refractivity contribution is 6.31. The van der Waals surface area contributed by atoms with E-state index in [9.17, 15) is 0 Å². The van der Waals surface area contributed by atoms with Crippen molar-refractivity contribution in [1.82, 2.24) is 4.98 Å². The van der Waals surface area contributed by atoms with Gasteiger partial charge in [0.2, 0.25) is 5.88 Å². The number of nitrogen functional groups attached to an aromatic ring is 1. The number of halogens is 1. The number of rotatable bonds is 2. The molecule has 0 fully saturated rings. The molecule has 1 heterocycles. The molecule has 0 atom stereocenters. The average molecular weight is 260 g/mol. The molecule has 4 nitrogen and oxygen atoms in total. The summed E-state index contributed by atoms with van der Waals surface area (Å²) in [6.07, 6.45) is 1.44. The summed E-state index contributed by atoms with van der Waals surface area (Å²) < 4.78 is 5.54. The zero-order valence-electron chi connectivity index (χ0n) is 9.64. The summed E-state index contributed by atoms with van der Waals surface area (Å²) in [5.74, 6) is 0.805. The topological polar surface area (TPSA) is 71.9 Å². The smallest absolute Gasteiger partial charge is 0.237 e. The molecule has 0 aliphatic heterocycles. The largest absolute Gasteiger partial charge is 0.438 e. The van der Waals surface area contributed by atoms with Gasteiger partial charge in [0, 0.05) is 5.02 Å². The first-order valence-corrected chi connectivity index (χ1v) is 5.57. The molecule has 2 rings (SSSR count). The Morgan fingerprint density at radius 3 is 2.83 bits per heavy atom. The highest BCUT2D eigenvalue weighted by atomic mass is 35.5. The minimum Gasteiger partial charge on any atom is -0.438 e. The van der Waals surface area contributed by atoms with Crippen LogP contribution < -0.4 is 10.5 Å². The van der Waals surface area contributed by atoms with Gasteiger partial charge in [-0.3, -0.25) is 0 Å². The highest BCUT2D eigenvalue weighted by Crippen LogP contribution is 2.27. The third-order valence-electron chi connectivity index (χ3n) is 2.34. The second-order valence-electron chi connectivity index (χ2n) is 3.75. The lowest BCUT2D eigenvalue weighted by atomic mass is 10.2. The van der Waals surface area contributed by atoms with Gasteiger partial charge in [0.05, 0.1) is 11.9 Å². The van der Waals surface area contributed by atoms with Crippen LogP contribution in [-0.2, 0) is 0 Å². The van der Waals surface area contributed by atoms with E-state index in [4.69, 9.17) is 27.3 Å². The summed E-state index contributed by atoms with van der Waals surface area (Å²) >= 11 is 5.92. The zero-order valence-corrected chi connectivity index (χ0v) is 10.4. The third-order valence-corrected chi connectivity index (χ3v) is 2.76. The number of nitriles is 1. The van der Waals surface area contributed by atoms with Crippen molar-refractivity contribution in [2.24, 2.45) is 0 Å². The molecule has 90 valence electrons. The number of ether oxygens (including phenoxy) is 1. The van der Waals surface area contributed by atoms with E-state index >= 15 is 0 Å². The van der Waals surface area contributed by atoms with Gasteiger partial charge in [-0.25, -0.2) is 4.98 Å². The molecule has 2 N–H and O–H groups in total. The van der Waals surface area contributed by atoms with Crippen LogP contribution in [0.5, 0.6) is 11.6 Å².